The number of halogens is 3. The van der Waals surface area contributed by atoms with Crippen LogP contribution in [0.2, 0.25) is 0 Å². The van der Waals surface area contributed by atoms with Crippen LogP contribution in [0.3, 0.4) is 0 Å². The normalized spacial score (nSPS) is 12.1. The van der Waals surface area contributed by atoms with Crippen molar-refractivity contribution in [3.63, 3.8) is 0 Å². The first kappa shape index (κ1) is 26.0. The standard InChI is InChI=1S/C24H20F3N9O2S/c1-39(37,38)17-4-2-3-15(8-17)18-9-16(7-14-5-6-19(30-10-14)36-13-29-12-32-36)20-21(33-18)22(35-23(28)34-20)31-11-24(25,26)27/h2-6,8-10,12-13H,7,11H2,1H3,(H3,28,31,34,35). The number of rotatable bonds is 7. The van der Waals surface area contributed by atoms with E-state index in [0.717, 1.165) is 11.8 Å². The smallest absolute Gasteiger partial charge is 0.368 e. The molecule has 4 aromatic heterocycles. The number of aromatic nitrogens is 7. The molecule has 3 N–H and O–H groups in total. The lowest BCUT2D eigenvalue weighted by atomic mass is 10.0. The van der Waals surface area contributed by atoms with E-state index in [1.807, 2.05) is 6.07 Å². The summed E-state index contributed by atoms with van der Waals surface area (Å²) < 4.78 is 64.8. The van der Waals surface area contributed by atoms with Crippen molar-refractivity contribution in [3.05, 3.63) is 72.4 Å². The number of hydrogen-bond acceptors (Lipinski definition) is 10. The van der Waals surface area contributed by atoms with Crippen molar-refractivity contribution >= 4 is 32.6 Å². The van der Waals surface area contributed by atoms with Gasteiger partial charge in [0.2, 0.25) is 5.95 Å². The van der Waals surface area contributed by atoms with Crippen LogP contribution in [0, 0.1) is 0 Å². The maximum atomic E-state index is 13.0. The summed E-state index contributed by atoms with van der Waals surface area (Å²) in [5.74, 6) is 0.109. The number of nitrogens with two attached hydrogens (primary N) is 1. The molecule has 5 aromatic rings. The third-order valence-electron chi connectivity index (χ3n) is 5.62. The lowest BCUT2D eigenvalue weighted by Crippen LogP contribution is -2.22. The molecule has 4 heterocycles. The molecular weight excluding hydrogens is 535 g/mol. The fourth-order valence-electron chi connectivity index (χ4n) is 3.87. The molecule has 0 amide bonds. The van der Waals surface area contributed by atoms with Gasteiger partial charge < -0.3 is 11.1 Å². The molecule has 0 saturated heterocycles. The zero-order valence-electron chi connectivity index (χ0n) is 20.3. The zero-order chi connectivity index (χ0) is 27.8. The van der Waals surface area contributed by atoms with Gasteiger partial charge >= 0.3 is 6.18 Å². The summed E-state index contributed by atoms with van der Waals surface area (Å²) >= 11 is 0. The van der Waals surface area contributed by atoms with Crippen LogP contribution in [-0.4, -0.2) is 62.1 Å². The predicted octanol–water partition coefficient (Wildman–Crippen LogP) is 3.22. The average molecular weight is 556 g/mol. The van der Waals surface area contributed by atoms with Gasteiger partial charge in [0.05, 0.1) is 10.6 Å². The Morgan fingerprint density at radius 2 is 1.87 bits per heavy atom. The van der Waals surface area contributed by atoms with E-state index < -0.39 is 22.6 Å². The van der Waals surface area contributed by atoms with Crippen LogP contribution in [0.1, 0.15) is 11.1 Å². The molecule has 39 heavy (non-hydrogen) atoms. The number of pyridine rings is 2. The van der Waals surface area contributed by atoms with Gasteiger partial charge in [-0.3, -0.25) is 0 Å². The SMILES string of the molecule is CS(=O)(=O)c1cccc(-c2cc(Cc3ccc(-n4cncn4)nc3)c3nc(N)nc(NCC(F)(F)F)c3n2)c1. The molecule has 0 fully saturated rings. The molecule has 15 heteroatoms. The average Bonchev–Trinajstić information content (AvgIpc) is 3.42. The summed E-state index contributed by atoms with van der Waals surface area (Å²) in [6.45, 7) is -1.36. The number of hydrogen-bond donors (Lipinski definition) is 2. The number of nitrogen functional groups attached to an aromatic ring is 1. The van der Waals surface area contributed by atoms with Gasteiger partial charge in [-0.2, -0.15) is 23.3 Å². The molecule has 11 nitrogen and oxygen atoms in total. The van der Waals surface area contributed by atoms with Crippen LogP contribution < -0.4 is 11.1 Å². The van der Waals surface area contributed by atoms with Crippen molar-refractivity contribution in [1.29, 1.82) is 0 Å². The predicted molar refractivity (Wildman–Crippen MR) is 137 cm³/mol. The summed E-state index contributed by atoms with van der Waals surface area (Å²) in [6, 6.07) is 11.4. The highest BCUT2D eigenvalue weighted by Crippen LogP contribution is 2.31. The Bertz CT molecular complexity index is 1760. The lowest BCUT2D eigenvalue weighted by Gasteiger charge is -2.15. The van der Waals surface area contributed by atoms with Crippen molar-refractivity contribution in [3.8, 4) is 17.1 Å². The van der Waals surface area contributed by atoms with Crippen molar-refractivity contribution in [2.24, 2.45) is 0 Å². The van der Waals surface area contributed by atoms with E-state index in [9.17, 15) is 21.6 Å². The van der Waals surface area contributed by atoms with Crippen molar-refractivity contribution in [2.45, 2.75) is 17.5 Å². The Labute approximate surface area is 219 Å². The Morgan fingerprint density at radius 1 is 1.05 bits per heavy atom. The molecule has 0 aliphatic heterocycles. The van der Waals surface area contributed by atoms with Gasteiger partial charge in [-0.25, -0.2) is 33.0 Å². The molecule has 5 rings (SSSR count). The maximum absolute atomic E-state index is 13.0. The van der Waals surface area contributed by atoms with Crippen LogP contribution in [-0.2, 0) is 16.3 Å². The quantitative estimate of drug-likeness (QED) is 0.306. The van der Waals surface area contributed by atoms with Crippen LogP contribution in [0.25, 0.3) is 28.1 Å². The fraction of sp³-hybridized carbons (Fsp3) is 0.167. The van der Waals surface area contributed by atoms with E-state index in [1.54, 1.807) is 30.5 Å². The van der Waals surface area contributed by atoms with Crippen molar-refractivity contribution < 1.29 is 21.6 Å². The van der Waals surface area contributed by atoms with Crippen LogP contribution in [0.4, 0.5) is 24.9 Å². The first-order chi connectivity index (χ1) is 18.5. The molecule has 0 unspecified atom stereocenters. The second-order valence-corrected chi connectivity index (χ2v) is 10.6. The van der Waals surface area contributed by atoms with E-state index in [1.165, 1.54) is 29.5 Å². The van der Waals surface area contributed by atoms with Crippen LogP contribution in [0.15, 0.2) is 66.2 Å². The Balaban J connectivity index is 1.64. The minimum Gasteiger partial charge on any atom is -0.368 e. The molecule has 0 spiro atoms. The van der Waals surface area contributed by atoms with Gasteiger partial charge in [0.1, 0.15) is 30.2 Å². The summed E-state index contributed by atoms with van der Waals surface area (Å²) in [6.07, 6.45) is 1.33. The van der Waals surface area contributed by atoms with Crippen LogP contribution >= 0.6 is 0 Å². The van der Waals surface area contributed by atoms with E-state index >= 15 is 0 Å². The van der Waals surface area contributed by atoms with Gasteiger partial charge in [0, 0.05) is 24.4 Å². The minimum atomic E-state index is -4.52. The number of sulfone groups is 1. The molecule has 0 saturated carbocycles. The van der Waals surface area contributed by atoms with Crippen LogP contribution in [0.5, 0.6) is 0 Å². The molecular formula is C24H20F3N9O2S. The van der Waals surface area contributed by atoms with Gasteiger partial charge in [-0.1, -0.05) is 18.2 Å². The summed E-state index contributed by atoms with van der Waals surface area (Å²) in [7, 11) is -3.52. The van der Waals surface area contributed by atoms with E-state index in [-0.39, 0.29) is 34.1 Å². The highest BCUT2D eigenvalue weighted by Gasteiger charge is 2.28. The van der Waals surface area contributed by atoms with E-state index in [4.69, 9.17) is 5.73 Å². The molecule has 0 atom stereocenters. The third-order valence-corrected chi connectivity index (χ3v) is 6.73. The van der Waals surface area contributed by atoms with Gasteiger partial charge in [-0.05, 0) is 35.4 Å². The summed E-state index contributed by atoms with van der Waals surface area (Å²) in [5.41, 5.74) is 8.24. The van der Waals surface area contributed by atoms with Crippen molar-refractivity contribution in [1.82, 2.24) is 34.7 Å². The van der Waals surface area contributed by atoms with Gasteiger partial charge in [0.25, 0.3) is 0 Å². The minimum absolute atomic E-state index is 0.0536. The highest BCUT2D eigenvalue weighted by molar-refractivity contribution is 7.90. The maximum Gasteiger partial charge on any atom is 0.405 e. The number of alkyl halides is 3. The third kappa shape index (κ3) is 5.93. The molecule has 0 aliphatic rings. The molecule has 0 bridgehead atoms. The fourth-order valence-corrected chi connectivity index (χ4v) is 4.53. The Hall–Kier alpha value is -4.66. The number of benzene rings is 1. The molecule has 0 aliphatic carbocycles. The van der Waals surface area contributed by atoms with E-state index in [0.29, 0.717) is 22.6 Å². The van der Waals surface area contributed by atoms with Gasteiger partial charge in [0.15, 0.2) is 21.5 Å². The first-order valence-corrected chi connectivity index (χ1v) is 13.2. The summed E-state index contributed by atoms with van der Waals surface area (Å²) in [5, 5.41) is 6.29. The second-order valence-electron chi connectivity index (χ2n) is 8.60. The Kier molecular flexibility index (Phi) is 6.59. The molecule has 1 aromatic carbocycles. The Morgan fingerprint density at radius 3 is 2.54 bits per heavy atom. The zero-order valence-corrected chi connectivity index (χ0v) is 21.1. The molecule has 200 valence electrons. The number of nitrogens with zero attached hydrogens (tertiary/aromatic N) is 7. The monoisotopic (exact) mass is 555 g/mol. The molecule has 0 radical (unpaired) electrons. The van der Waals surface area contributed by atoms with Crippen molar-refractivity contribution in [2.75, 3.05) is 23.9 Å². The number of fused-ring (bicyclic) bond motifs is 1. The topological polar surface area (TPSA) is 154 Å². The second kappa shape index (κ2) is 9.90. The largest absolute Gasteiger partial charge is 0.405 e. The number of anilines is 2. The summed E-state index contributed by atoms with van der Waals surface area (Å²) in [4.78, 5) is 21.1. The number of nitrogens with one attached hydrogen (secondary N) is 1. The first-order valence-electron chi connectivity index (χ1n) is 11.3. The lowest BCUT2D eigenvalue weighted by molar-refractivity contribution is -0.115. The highest BCUT2D eigenvalue weighted by atomic mass is 32.2. The van der Waals surface area contributed by atoms with Gasteiger partial charge in [-0.15, -0.1) is 0 Å². The van der Waals surface area contributed by atoms with E-state index in [2.05, 4.69) is 35.3 Å².